The summed E-state index contributed by atoms with van der Waals surface area (Å²) in [5, 5.41) is 11.8. The molecule has 0 bridgehead atoms. The molecule has 5 heteroatoms. The van der Waals surface area contributed by atoms with Gasteiger partial charge in [-0.3, -0.25) is 4.79 Å². The molecule has 0 atom stereocenters. The molecule has 0 heterocycles. The number of hydrogen-bond acceptors (Lipinski definition) is 3. The Morgan fingerprint density at radius 3 is 2.63 bits per heavy atom. The van der Waals surface area contributed by atoms with Crippen LogP contribution in [-0.4, -0.2) is 23.7 Å². The Morgan fingerprint density at radius 2 is 2.05 bits per heavy atom. The third-order valence-electron chi connectivity index (χ3n) is 2.83. The van der Waals surface area contributed by atoms with Crippen molar-refractivity contribution in [2.75, 3.05) is 6.61 Å². The van der Waals surface area contributed by atoms with Gasteiger partial charge in [0.25, 0.3) is 5.91 Å². The van der Waals surface area contributed by atoms with Crippen LogP contribution < -0.4 is 10.1 Å². The number of rotatable bonds is 7. The van der Waals surface area contributed by atoms with E-state index in [0.29, 0.717) is 5.56 Å². The largest absolute Gasteiger partial charge is 0.484 e. The van der Waals surface area contributed by atoms with E-state index in [0.717, 1.165) is 12.8 Å². The van der Waals surface area contributed by atoms with Gasteiger partial charge in [-0.15, -0.1) is 0 Å². The highest BCUT2D eigenvalue weighted by atomic mass is 19.1. The molecular formula is C14H20FNO3. The fourth-order valence-corrected chi connectivity index (χ4v) is 1.71. The van der Waals surface area contributed by atoms with Crippen LogP contribution in [0.1, 0.15) is 32.3 Å². The molecule has 0 spiro atoms. The van der Waals surface area contributed by atoms with E-state index in [1.807, 2.05) is 13.8 Å². The van der Waals surface area contributed by atoms with Crippen molar-refractivity contribution in [2.45, 2.75) is 39.3 Å². The lowest BCUT2D eigenvalue weighted by Crippen LogP contribution is -2.37. The number of benzene rings is 1. The predicted octanol–water partition coefficient (Wildman–Crippen LogP) is 2.00. The predicted molar refractivity (Wildman–Crippen MR) is 70.3 cm³/mol. The number of carbonyl (C=O) groups is 1. The molecule has 0 aliphatic heterocycles. The fraction of sp³-hybridized carbons (Fsp3) is 0.500. The molecule has 1 aromatic rings. The molecule has 0 aliphatic carbocycles. The highest BCUT2D eigenvalue weighted by Crippen LogP contribution is 2.16. The Kier molecular flexibility index (Phi) is 6.29. The van der Waals surface area contributed by atoms with E-state index >= 15 is 0 Å². The number of carbonyl (C=O) groups excluding carboxylic acids is 1. The number of ether oxygens (including phenoxy) is 1. The number of amides is 1. The fourth-order valence-electron chi connectivity index (χ4n) is 1.71. The highest BCUT2D eigenvalue weighted by Gasteiger charge is 2.09. The first kappa shape index (κ1) is 15.4. The van der Waals surface area contributed by atoms with E-state index in [4.69, 9.17) is 9.84 Å². The first-order valence-corrected chi connectivity index (χ1v) is 6.41. The smallest absolute Gasteiger partial charge is 0.258 e. The van der Waals surface area contributed by atoms with Gasteiger partial charge in [0.2, 0.25) is 0 Å². The van der Waals surface area contributed by atoms with E-state index in [-0.39, 0.29) is 30.9 Å². The zero-order valence-corrected chi connectivity index (χ0v) is 11.3. The maximum Gasteiger partial charge on any atom is 0.258 e. The van der Waals surface area contributed by atoms with Crippen LogP contribution in [0, 0.1) is 5.82 Å². The van der Waals surface area contributed by atoms with Crippen molar-refractivity contribution in [1.29, 1.82) is 0 Å². The summed E-state index contributed by atoms with van der Waals surface area (Å²) in [5.74, 6) is -0.491. The zero-order valence-electron chi connectivity index (χ0n) is 11.3. The summed E-state index contributed by atoms with van der Waals surface area (Å²) in [5.41, 5.74) is 0.412. The van der Waals surface area contributed by atoms with Gasteiger partial charge in [0.05, 0.1) is 6.61 Å². The molecule has 0 unspecified atom stereocenters. The van der Waals surface area contributed by atoms with Crippen LogP contribution >= 0.6 is 0 Å². The minimum absolute atomic E-state index is 0.136. The number of aliphatic hydroxyl groups is 1. The summed E-state index contributed by atoms with van der Waals surface area (Å²) in [7, 11) is 0. The second kappa shape index (κ2) is 7.74. The molecule has 0 fully saturated rings. The molecule has 0 saturated heterocycles. The maximum absolute atomic E-state index is 13.2. The van der Waals surface area contributed by atoms with Crippen molar-refractivity contribution >= 4 is 5.91 Å². The van der Waals surface area contributed by atoms with Crippen LogP contribution in [0.3, 0.4) is 0 Å². The van der Waals surface area contributed by atoms with Crippen LogP contribution in [-0.2, 0) is 11.4 Å². The third-order valence-corrected chi connectivity index (χ3v) is 2.83. The van der Waals surface area contributed by atoms with E-state index in [1.165, 1.54) is 18.2 Å². The monoisotopic (exact) mass is 269 g/mol. The standard InChI is InChI=1S/C14H20FNO3/c1-3-12(4-2)16-14(18)9-19-13-6-10(8-17)5-11(15)7-13/h5-7,12,17H,3-4,8-9H2,1-2H3,(H,16,18). The van der Waals surface area contributed by atoms with Crippen molar-refractivity contribution in [3.05, 3.63) is 29.6 Å². The minimum Gasteiger partial charge on any atom is -0.484 e. The Hall–Kier alpha value is -1.62. The summed E-state index contributed by atoms with van der Waals surface area (Å²) in [6, 6.07) is 4.05. The zero-order chi connectivity index (χ0) is 14.3. The summed E-state index contributed by atoms with van der Waals surface area (Å²) in [4.78, 5) is 11.6. The Labute approximate surface area is 112 Å². The molecule has 19 heavy (non-hydrogen) atoms. The summed E-state index contributed by atoms with van der Waals surface area (Å²) in [6.07, 6.45) is 1.72. The normalized spacial score (nSPS) is 10.6. The van der Waals surface area contributed by atoms with Gasteiger partial charge in [0.1, 0.15) is 11.6 Å². The lowest BCUT2D eigenvalue weighted by Gasteiger charge is -2.15. The number of halogens is 1. The van der Waals surface area contributed by atoms with Crippen LogP contribution in [0.5, 0.6) is 5.75 Å². The van der Waals surface area contributed by atoms with Gasteiger partial charge in [0.15, 0.2) is 6.61 Å². The topological polar surface area (TPSA) is 58.6 Å². The van der Waals surface area contributed by atoms with Crippen molar-refractivity contribution in [1.82, 2.24) is 5.32 Å². The average Bonchev–Trinajstić information content (AvgIpc) is 2.41. The molecule has 0 aromatic heterocycles. The van der Waals surface area contributed by atoms with Crippen LogP contribution in [0.25, 0.3) is 0 Å². The summed E-state index contributed by atoms with van der Waals surface area (Å²) >= 11 is 0. The van der Waals surface area contributed by atoms with Crippen molar-refractivity contribution in [2.24, 2.45) is 0 Å². The molecule has 1 aromatic carbocycles. The van der Waals surface area contributed by atoms with Gasteiger partial charge < -0.3 is 15.2 Å². The van der Waals surface area contributed by atoms with Crippen molar-refractivity contribution in [3.8, 4) is 5.75 Å². The molecule has 0 saturated carbocycles. The van der Waals surface area contributed by atoms with Crippen LogP contribution in [0.2, 0.25) is 0 Å². The lowest BCUT2D eigenvalue weighted by atomic mass is 10.2. The van der Waals surface area contributed by atoms with E-state index < -0.39 is 5.82 Å². The van der Waals surface area contributed by atoms with Crippen LogP contribution in [0.4, 0.5) is 4.39 Å². The molecule has 0 radical (unpaired) electrons. The van der Waals surface area contributed by atoms with Crippen LogP contribution in [0.15, 0.2) is 18.2 Å². The molecule has 1 amide bonds. The first-order valence-electron chi connectivity index (χ1n) is 6.41. The van der Waals surface area contributed by atoms with Gasteiger partial charge in [-0.1, -0.05) is 13.8 Å². The highest BCUT2D eigenvalue weighted by molar-refractivity contribution is 5.77. The molecule has 2 N–H and O–H groups in total. The first-order chi connectivity index (χ1) is 9.08. The van der Waals surface area contributed by atoms with Gasteiger partial charge in [-0.2, -0.15) is 0 Å². The third kappa shape index (κ3) is 5.26. The molecule has 106 valence electrons. The Balaban J connectivity index is 2.52. The van der Waals surface area contributed by atoms with E-state index in [2.05, 4.69) is 5.32 Å². The van der Waals surface area contributed by atoms with Gasteiger partial charge in [-0.25, -0.2) is 4.39 Å². The quantitative estimate of drug-likeness (QED) is 0.796. The summed E-state index contributed by atoms with van der Waals surface area (Å²) in [6.45, 7) is 3.56. The molecule has 0 aliphatic rings. The molecular weight excluding hydrogens is 249 g/mol. The maximum atomic E-state index is 13.2. The van der Waals surface area contributed by atoms with E-state index in [1.54, 1.807) is 0 Å². The summed E-state index contributed by atoms with van der Waals surface area (Å²) < 4.78 is 18.4. The Morgan fingerprint density at radius 1 is 1.37 bits per heavy atom. The number of aliphatic hydroxyl groups excluding tert-OH is 1. The average molecular weight is 269 g/mol. The molecule has 1 rings (SSSR count). The second-order valence-corrected chi connectivity index (χ2v) is 4.32. The van der Waals surface area contributed by atoms with Gasteiger partial charge >= 0.3 is 0 Å². The number of nitrogens with one attached hydrogen (secondary N) is 1. The van der Waals surface area contributed by atoms with E-state index in [9.17, 15) is 9.18 Å². The SMILES string of the molecule is CCC(CC)NC(=O)COc1cc(F)cc(CO)c1. The Bertz CT molecular complexity index is 419. The van der Waals surface area contributed by atoms with Crippen molar-refractivity contribution < 1.29 is 19.0 Å². The molecule has 4 nitrogen and oxygen atoms in total. The van der Waals surface area contributed by atoms with Crippen molar-refractivity contribution in [3.63, 3.8) is 0 Å². The van der Waals surface area contributed by atoms with Gasteiger partial charge in [0, 0.05) is 12.1 Å². The van der Waals surface area contributed by atoms with Gasteiger partial charge in [-0.05, 0) is 30.5 Å². The minimum atomic E-state index is -0.498. The second-order valence-electron chi connectivity index (χ2n) is 4.32. The lowest BCUT2D eigenvalue weighted by molar-refractivity contribution is -0.123. The number of hydrogen-bond donors (Lipinski definition) is 2.